The van der Waals surface area contributed by atoms with Crippen molar-refractivity contribution in [2.45, 2.75) is 26.3 Å². The molecule has 19 heavy (non-hydrogen) atoms. The third-order valence-electron chi connectivity index (χ3n) is 3.81. The number of nitrogens with one attached hydrogen (secondary N) is 1. The van der Waals surface area contributed by atoms with Crippen LogP contribution in [0.15, 0.2) is 18.2 Å². The minimum atomic E-state index is -0.135. The Morgan fingerprint density at radius 1 is 1.47 bits per heavy atom. The molecular weight excluding hydrogens is 243 g/mol. The average Bonchev–Trinajstić information content (AvgIpc) is 2.86. The van der Waals surface area contributed by atoms with Crippen LogP contribution in [0.25, 0.3) is 0 Å². The Labute approximate surface area is 114 Å². The van der Waals surface area contributed by atoms with Crippen LogP contribution in [-0.2, 0) is 6.54 Å². The zero-order chi connectivity index (χ0) is 13.7. The van der Waals surface area contributed by atoms with E-state index in [1.165, 1.54) is 6.07 Å². The Morgan fingerprint density at radius 3 is 3.05 bits per heavy atom. The smallest absolute Gasteiger partial charge is 0.129 e. The third kappa shape index (κ3) is 3.45. The fourth-order valence-electron chi connectivity index (χ4n) is 2.74. The van der Waals surface area contributed by atoms with Crippen LogP contribution in [0.5, 0.6) is 0 Å². The molecule has 2 rings (SSSR count). The quantitative estimate of drug-likeness (QED) is 0.828. The number of halogens is 1. The molecule has 0 amide bonds. The highest BCUT2D eigenvalue weighted by Crippen LogP contribution is 2.29. The number of rotatable bonds is 6. The largest absolute Gasteiger partial charge is 0.396 e. The molecule has 1 saturated heterocycles. The zero-order valence-electron chi connectivity index (χ0n) is 11.5. The number of benzene rings is 1. The molecule has 0 aromatic heterocycles. The van der Waals surface area contributed by atoms with Crippen molar-refractivity contribution < 1.29 is 9.50 Å². The average molecular weight is 266 g/mol. The number of aliphatic hydroxyl groups is 1. The molecular formula is C15H23FN2O. The molecule has 106 valence electrons. The standard InChI is InChI=1S/C15H23FN2O/c1-2-17-10-13-14(16)4-3-5-15(13)18-8-6-12(11-18)7-9-19/h3-5,12,17,19H,2,6-11H2,1H3. The van der Waals surface area contributed by atoms with Gasteiger partial charge in [-0.05, 0) is 37.4 Å². The van der Waals surface area contributed by atoms with Crippen molar-refractivity contribution >= 4 is 5.69 Å². The van der Waals surface area contributed by atoms with Gasteiger partial charge < -0.3 is 15.3 Å². The first-order valence-electron chi connectivity index (χ1n) is 7.10. The summed E-state index contributed by atoms with van der Waals surface area (Å²) in [5, 5.41) is 12.2. The van der Waals surface area contributed by atoms with Gasteiger partial charge in [-0.2, -0.15) is 0 Å². The second-order valence-corrected chi connectivity index (χ2v) is 5.13. The van der Waals surface area contributed by atoms with Crippen molar-refractivity contribution in [3.8, 4) is 0 Å². The zero-order valence-corrected chi connectivity index (χ0v) is 11.5. The summed E-state index contributed by atoms with van der Waals surface area (Å²) in [7, 11) is 0. The van der Waals surface area contributed by atoms with Crippen molar-refractivity contribution in [1.29, 1.82) is 0 Å². The van der Waals surface area contributed by atoms with E-state index in [1.54, 1.807) is 6.07 Å². The SMILES string of the molecule is CCNCc1c(F)cccc1N1CCC(CCO)C1. The molecule has 0 spiro atoms. The first-order chi connectivity index (χ1) is 9.26. The van der Waals surface area contributed by atoms with E-state index in [-0.39, 0.29) is 12.4 Å². The normalized spacial score (nSPS) is 19.1. The molecule has 1 heterocycles. The molecule has 1 aliphatic rings. The first kappa shape index (κ1) is 14.3. The van der Waals surface area contributed by atoms with E-state index in [0.717, 1.165) is 43.7 Å². The number of nitrogens with zero attached hydrogens (tertiary/aromatic N) is 1. The molecule has 1 aromatic rings. The topological polar surface area (TPSA) is 35.5 Å². The summed E-state index contributed by atoms with van der Waals surface area (Å²) in [6.45, 7) is 5.54. The summed E-state index contributed by atoms with van der Waals surface area (Å²) in [6.07, 6.45) is 1.92. The maximum absolute atomic E-state index is 14.0. The summed E-state index contributed by atoms with van der Waals surface area (Å²) in [6, 6.07) is 5.30. The van der Waals surface area contributed by atoms with E-state index in [9.17, 15) is 4.39 Å². The van der Waals surface area contributed by atoms with Crippen molar-refractivity contribution in [1.82, 2.24) is 5.32 Å². The Morgan fingerprint density at radius 2 is 2.32 bits per heavy atom. The number of hydrogen-bond donors (Lipinski definition) is 2. The Bertz CT molecular complexity index is 411. The minimum absolute atomic E-state index is 0.135. The van der Waals surface area contributed by atoms with Gasteiger partial charge in [0.25, 0.3) is 0 Å². The summed E-state index contributed by atoms with van der Waals surface area (Å²) in [4.78, 5) is 2.25. The number of aliphatic hydroxyl groups excluding tert-OH is 1. The molecule has 1 fully saturated rings. The van der Waals surface area contributed by atoms with Gasteiger partial charge in [-0.3, -0.25) is 0 Å². The molecule has 1 aromatic carbocycles. The van der Waals surface area contributed by atoms with Gasteiger partial charge in [0, 0.05) is 37.5 Å². The highest BCUT2D eigenvalue weighted by atomic mass is 19.1. The van der Waals surface area contributed by atoms with Gasteiger partial charge in [0.05, 0.1) is 0 Å². The molecule has 0 saturated carbocycles. The first-order valence-corrected chi connectivity index (χ1v) is 7.10. The van der Waals surface area contributed by atoms with E-state index in [1.807, 2.05) is 13.0 Å². The second-order valence-electron chi connectivity index (χ2n) is 5.13. The van der Waals surface area contributed by atoms with E-state index < -0.39 is 0 Å². The van der Waals surface area contributed by atoms with Gasteiger partial charge in [-0.15, -0.1) is 0 Å². The highest BCUT2D eigenvalue weighted by molar-refractivity contribution is 5.55. The van der Waals surface area contributed by atoms with Crippen molar-refractivity contribution in [3.63, 3.8) is 0 Å². The van der Waals surface area contributed by atoms with Crippen molar-refractivity contribution in [2.75, 3.05) is 31.1 Å². The van der Waals surface area contributed by atoms with Crippen LogP contribution >= 0.6 is 0 Å². The lowest BCUT2D eigenvalue weighted by atomic mass is 10.1. The molecule has 0 bridgehead atoms. The predicted molar refractivity (Wildman–Crippen MR) is 75.8 cm³/mol. The van der Waals surface area contributed by atoms with E-state index in [2.05, 4.69) is 10.2 Å². The van der Waals surface area contributed by atoms with Crippen LogP contribution in [0.1, 0.15) is 25.3 Å². The van der Waals surface area contributed by atoms with Gasteiger partial charge in [-0.1, -0.05) is 13.0 Å². The van der Waals surface area contributed by atoms with Crippen LogP contribution in [-0.4, -0.2) is 31.3 Å². The van der Waals surface area contributed by atoms with Gasteiger partial charge in [0.1, 0.15) is 5.82 Å². The Hall–Kier alpha value is -1.13. The molecule has 2 N–H and O–H groups in total. The Balaban J connectivity index is 2.13. The van der Waals surface area contributed by atoms with Gasteiger partial charge in [-0.25, -0.2) is 4.39 Å². The number of hydrogen-bond acceptors (Lipinski definition) is 3. The van der Waals surface area contributed by atoms with Crippen LogP contribution in [0, 0.1) is 11.7 Å². The molecule has 3 nitrogen and oxygen atoms in total. The summed E-state index contributed by atoms with van der Waals surface area (Å²) < 4.78 is 14.0. The predicted octanol–water partition coefficient (Wildman–Crippen LogP) is 2.14. The van der Waals surface area contributed by atoms with Gasteiger partial charge in [0.15, 0.2) is 0 Å². The molecule has 1 unspecified atom stereocenters. The molecule has 0 radical (unpaired) electrons. The van der Waals surface area contributed by atoms with Gasteiger partial charge >= 0.3 is 0 Å². The Kier molecular flexibility index (Phi) is 5.16. The maximum atomic E-state index is 14.0. The lowest BCUT2D eigenvalue weighted by Crippen LogP contribution is -2.24. The number of anilines is 1. The van der Waals surface area contributed by atoms with E-state index in [4.69, 9.17) is 5.11 Å². The summed E-state index contributed by atoms with van der Waals surface area (Å²) in [5.74, 6) is 0.393. The fraction of sp³-hybridized carbons (Fsp3) is 0.600. The molecule has 0 aliphatic carbocycles. The highest BCUT2D eigenvalue weighted by Gasteiger charge is 2.24. The van der Waals surface area contributed by atoms with Crippen molar-refractivity contribution in [2.24, 2.45) is 5.92 Å². The molecule has 4 heteroatoms. The molecule has 1 atom stereocenters. The lowest BCUT2D eigenvalue weighted by Gasteiger charge is -2.22. The summed E-state index contributed by atoms with van der Waals surface area (Å²) in [5.41, 5.74) is 1.76. The third-order valence-corrected chi connectivity index (χ3v) is 3.81. The summed E-state index contributed by atoms with van der Waals surface area (Å²) >= 11 is 0. The van der Waals surface area contributed by atoms with Crippen molar-refractivity contribution in [3.05, 3.63) is 29.6 Å². The van der Waals surface area contributed by atoms with E-state index >= 15 is 0 Å². The fourth-order valence-corrected chi connectivity index (χ4v) is 2.74. The van der Waals surface area contributed by atoms with Crippen LogP contribution < -0.4 is 10.2 Å². The second kappa shape index (κ2) is 6.87. The maximum Gasteiger partial charge on any atom is 0.129 e. The minimum Gasteiger partial charge on any atom is -0.396 e. The van der Waals surface area contributed by atoms with Crippen LogP contribution in [0.4, 0.5) is 10.1 Å². The van der Waals surface area contributed by atoms with Crippen LogP contribution in [0.3, 0.4) is 0 Å². The monoisotopic (exact) mass is 266 g/mol. The molecule has 1 aliphatic heterocycles. The van der Waals surface area contributed by atoms with Gasteiger partial charge in [0.2, 0.25) is 0 Å². The lowest BCUT2D eigenvalue weighted by molar-refractivity contribution is 0.263. The van der Waals surface area contributed by atoms with E-state index in [0.29, 0.717) is 12.5 Å². The van der Waals surface area contributed by atoms with Crippen LogP contribution in [0.2, 0.25) is 0 Å².